The van der Waals surface area contributed by atoms with Gasteiger partial charge in [-0.25, -0.2) is 8.42 Å². The van der Waals surface area contributed by atoms with Crippen molar-refractivity contribution < 1.29 is 8.42 Å². The molecule has 0 amide bonds. The number of hydrogen-bond acceptors (Lipinski definition) is 3. The van der Waals surface area contributed by atoms with Gasteiger partial charge in [0.15, 0.2) is 5.96 Å². The summed E-state index contributed by atoms with van der Waals surface area (Å²) in [5.74, 6) is 0.936. The Bertz CT molecular complexity index is 859. The van der Waals surface area contributed by atoms with E-state index >= 15 is 0 Å². The van der Waals surface area contributed by atoms with E-state index in [2.05, 4.69) is 52.8 Å². The number of para-hydroxylation sites is 1. The monoisotopic (exact) mass is 506 g/mol. The first-order valence-corrected chi connectivity index (χ1v) is 10.9. The van der Waals surface area contributed by atoms with Crippen LogP contribution < -0.4 is 10.6 Å². The molecule has 27 heavy (non-hydrogen) atoms. The summed E-state index contributed by atoms with van der Waals surface area (Å²) >= 11 is 0. The summed E-state index contributed by atoms with van der Waals surface area (Å²) < 4.78 is 22.7. The summed E-state index contributed by atoms with van der Waals surface area (Å²) in [6.45, 7) is 5.55. The molecule has 8 heteroatoms. The van der Waals surface area contributed by atoms with Crippen molar-refractivity contribution in [1.82, 2.24) is 15.6 Å². The Labute approximate surface area is 179 Å². The van der Waals surface area contributed by atoms with Gasteiger partial charge in [-0.15, -0.1) is 24.0 Å². The number of H-pyrrole nitrogens is 1. The average molecular weight is 506 g/mol. The van der Waals surface area contributed by atoms with Crippen LogP contribution in [0, 0.1) is 5.41 Å². The predicted molar refractivity (Wildman–Crippen MR) is 125 cm³/mol. The highest BCUT2D eigenvalue weighted by Crippen LogP contribution is 2.20. The van der Waals surface area contributed by atoms with Crippen LogP contribution in [0.1, 0.15) is 25.8 Å². The number of benzene rings is 1. The van der Waals surface area contributed by atoms with Gasteiger partial charge in [-0.3, -0.25) is 4.99 Å². The van der Waals surface area contributed by atoms with Crippen LogP contribution >= 0.6 is 24.0 Å². The molecule has 152 valence electrons. The Balaban J connectivity index is 0.00000364. The molecule has 0 spiro atoms. The summed E-state index contributed by atoms with van der Waals surface area (Å²) in [6, 6.07) is 8.27. The van der Waals surface area contributed by atoms with Crippen molar-refractivity contribution in [2.45, 2.75) is 26.7 Å². The van der Waals surface area contributed by atoms with Crippen molar-refractivity contribution in [2.75, 3.05) is 32.1 Å². The van der Waals surface area contributed by atoms with Gasteiger partial charge in [-0.1, -0.05) is 32.0 Å². The normalized spacial score (nSPS) is 12.7. The van der Waals surface area contributed by atoms with Gasteiger partial charge in [-0.2, -0.15) is 0 Å². The van der Waals surface area contributed by atoms with Crippen LogP contribution in [-0.4, -0.2) is 51.5 Å². The third-order valence-corrected chi connectivity index (χ3v) is 5.42. The highest BCUT2D eigenvalue weighted by Gasteiger charge is 2.20. The molecule has 0 fully saturated rings. The van der Waals surface area contributed by atoms with Gasteiger partial charge in [0, 0.05) is 43.5 Å². The number of fused-ring (bicyclic) bond motifs is 1. The van der Waals surface area contributed by atoms with Gasteiger partial charge in [-0.05, 0) is 29.9 Å². The molecular weight excluding hydrogens is 475 g/mol. The molecule has 0 aliphatic rings. The van der Waals surface area contributed by atoms with Crippen molar-refractivity contribution in [3.8, 4) is 0 Å². The molecule has 1 heterocycles. The van der Waals surface area contributed by atoms with Gasteiger partial charge in [0.1, 0.15) is 9.84 Å². The van der Waals surface area contributed by atoms with E-state index in [-0.39, 0.29) is 35.1 Å². The summed E-state index contributed by atoms with van der Waals surface area (Å²) in [6.07, 6.45) is 4.84. The Morgan fingerprint density at radius 1 is 1.22 bits per heavy atom. The van der Waals surface area contributed by atoms with Crippen molar-refractivity contribution in [3.63, 3.8) is 0 Å². The molecular formula is C19H31IN4O2S. The fraction of sp³-hybridized carbons (Fsp3) is 0.526. The molecule has 0 unspecified atom stereocenters. The number of halogens is 1. The minimum absolute atomic E-state index is 0. The number of aromatic amines is 1. The van der Waals surface area contributed by atoms with Gasteiger partial charge in [0.25, 0.3) is 0 Å². The number of nitrogens with zero attached hydrogens (tertiary/aromatic N) is 1. The molecule has 6 nitrogen and oxygen atoms in total. The second-order valence-electron chi connectivity index (χ2n) is 7.51. The first kappa shape index (κ1) is 23.7. The lowest BCUT2D eigenvalue weighted by molar-refractivity contribution is 0.348. The summed E-state index contributed by atoms with van der Waals surface area (Å²) in [7, 11) is -1.19. The highest BCUT2D eigenvalue weighted by molar-refractivity contribution is 14.0. The highest BCUT2D eigenvalue weighted by atomic mass is 127. The predicted octanol–water partition coefficient (Wildman–Crippen LogP) is 2.95. The molecule has 1 aromatic heterocycles. The van der Waals surface area contributed by atoms with E-state index in [4.69, 9.17) is 0 Å². The first-order valence-electron chi connectivity index (χ1n) is 8.87. The molecule has 0 saturated carbocycles. The van der Waals surface area contributed by atoms with Crippen molar-refractivity contribution in [2.24, 2.45) is 10.4 Å². The maximum atomic E-state index is 11.4. The van der Waals surface area contributed by atoms with E-state index in [1.165, 1.54) is 17.2 Å². The summed E-state index contributed by atoms with van der Waals surface area (Å²) in [4.78, 5) is 7.54. The molecule has 0 atom stereocenters. The zero-order valence-electron chi connectivity index (χ0n) is 16.5. The van der Waals surface area contributed by atoms with E-state index in [1.807, 2.05) is 12.1 Å². The van der Waals surface area contributed by atoms with Crippen LogP contribution in [0.25, 0.3) is 10.9 Å². The Morgan fingerprint density at radius 2 is 1.93 bits per heavy atom. The van der Waals surface area contributed by atoms with Crippen LogP contribution in [-0.2, 0) is 16.3 Å². The van der Waals surface area contributed by atoms with Gasteiger partial charge < -0.3 is 15.6 Å². The lowest BCUT2D eigenvalue weighted by Gasteiger charge is -2.25. The van der Waals surface area contributed by atoms with Crippen molar-refractivity contribution in [1.29, 1.82) is 0 Å². The lowest BCUT2D eigenvalue weighted by atomic mass is 9.90. The molecule has 0 bridgehead atoms. The number of aliphatic imine (C=N–C) groups is 1. The van der Waals surface area contributed by atoms with Crippen LogP contribution in [0.15, 0.2) is 35.5 Å². The van der Waals surface area contributed by atoms with E-state index < -0.39 is 9.84 Å². The second kappa shape index (κ2) is 10.3. The molecule has 0 aliphatic carbocycles. The number of guanidine groups is 1. The average Bonchev–Trinajstić information content (AvgIpc) is 2.99. The lowest BCUT2D eigenvalue weighted by Crippen LogP contribution is -2.43. The number of sulfone groups is 1. The number of nitrogens with one attached hydrogen (secondary N) is 3. The topological polar surface area (TPSA) is 86.3 Å². The fourth-order valence-corrected chi connectivity index (χ4v) is 3.67. The van der Waals surface area contributed by atoms with Crippen LogP contribution in [0.2, 0.25) is 0 Å². The summed E-state index contributed by atoms with van der Waals surface area (Å²) in [5.41, 5.74) is 2.30. The van der Waals surface area contributed by atoms with Crippen molar-refractivity contribution in [3.05, 3.63) is 36.0 Å². The third-order valence-electron chi connectivity index (χ3n) is 4.47. The molecule has 0 aliphatic heterocycles. The second-order valence-corrected chi connectivity index (χ2v) is 9.77. The van der Waals surface area contributed by atoms with E-state index in [0.717, 1.165) is 24.4 Å². The van der Waals surface area contributed by atoms with E-state index in [9.17, 15) is 8.42 Å². The van der Waals surface area contributed by atoms with Crippen LogP contribution in [0.5, 0.6) is 0 Å². The Kier molecular flexibility index (Phi) is 9.07. The zero-order chi connectivity index (χ0) is 19.2. The molecule has 0 saturated heterocycles. The first-order chi connectivity index (χ1) is 12.2. The van der Waals surface area contributed by atoms with Crippen molar-refractivity contribution >= 4 is 50.7 Å². The minimum atomic E-state index is -2.94. The number of aromatic nitrogens is 1. The maximum absolute atomic E-state index is 11.4. The van der Waals surface area contributed by atoms with Gasteiger partial charge in [0.05, 0.1) is 5.75 Å². The Hall–Kier alpha value is -1.29. The van der Waals surface area contributed by atoms with E-state index in [1.54, 1.807) is 7.05 Å². The Morgan fingerprint density at radius 3 is 2.59 bits per heavy atom. The molecule has 1 aromatic carbocycles. The quantitative estimate of drug-likeness (QED) is 0.292. The minimum Gasteiger partial charge on any atom is -0.361 e. The molecule has 3 N–H and O–H groups in total. The maximum Gasteiger partial charge on any atom is 0.191 e. The summed E-state index contributed by atoms with van der Waals surface area (Å²) in [5, 5.41) is 7.87. The van der Waals surface area contributed by atoms with Crippen LogP contribution in [0.4, 0.5) is 0 Å². The molecule has 2 aromatic rings. The smallest absolute Gasteiger partial charge is 0.191 e. The van der Waals surface area contributed by atoms with Gasteiger partial charge >= 0.3 is 0 Å². The largest absolute Gasteiger partial charge is 0.361 e. The standard InChI is InChI=1S/C19H30N4O2S.HI/c1-19(2,10-12-26(4,24)25)14-23-18(20-3)21-11-9-15-13-22-17-8-6-5-7-16(15)17;/h5-8,13,22H,9-12,14H2,1-4H3,(H2,20,21,23);1H. The molecule has 0 radical (unpaired) electrons. The van der Waals surface area contributed by atoms with Crippen LogP contribution in [0.3, 0.4) is 0 Å². The fourth-order valence-electron chi connectivity index (χ4n) is 2.75. The SMILES string of the molecule is CN=C(NCCc1c[nH]c2ccccc12)NCC(C)(C)CCS(C)(=O)=O.I. The number of hydrogen-bond donors (Lipinski definition) is 3. The zero-order valence-corrected chi connectivity index (χ0v) is 19.6. The molecule has 2 rings (SSSR count). The van der Waals surface area contributed by atoms with E-state index in [0.29, 0.717) is 13.0 Å². The third kappa shape index (κ3) is 8.08. The number of rotatable bonds is 8. The van der Waals surface area contributed by atoms with Gasteiger partial charge in [0.2, 0.25) is 0 Å².